The van der Waals surface area contributed by atoms with Crippen molar-refractivity contribution in [2.75, 3.05) is 18.8 Å². The van der Waals surface area contributed by atoms with Gasteiger partial charge in [-0.15, -0.1) is 0 Å². The molecule has 0 saturated carbocycles. The van der Waals surface area contributed by atoms with Gasteiger partial charge in [-0.25, -0.2) is 0 Å². The number of hydrogen-bond acceptors (Lipinski definition) is 6. The largest absolute Gasteiger partial charge is 0.399 e. The zero-order valence-corrected chi connectivity index (χ0v) is 16.8. The first-order valence-corrected chi connectivity index (χ1v) is 10.3. The quantitative estimate of drug-likeness (QED) is 0.571. The second-order valence-corrected chi connectivity index (χ2v) is 8.38. The Kier molecular flexibility index (Phi) is 4.59. The number of nitrogen functional groups attached to an aromatic ring is 1. The van der Waals surface area contributed by atoms with Gasteiger partial charge in [-0.05, 0) is 41.8 Å². The molecule has 2 aromatic rings. The van der Waals surface area contributed by atoms with E-state index >= 15 is 0 Å². The smallest absolute Gasteiger partial charge is 0.262 e. The molecular formula is C23H22N4O4. The first kappa shape index (κ1) is 19.4. The van der Waals surface area contributed by atoms with Crippen molar-refractivity contribution in [3.63, 3.8) is 0 Å². The minimum atomic E-state index is -0.940. The zero-order chi connectivity index (χ0) is 21.7. The standard InChI is InChI=1S/C23H22N4O4/c24-16-4-2-14(3-5-16)15-11-26(12-15)10-13-1-6-17-18(9-13)23(31)27(22(17)30)19-7-8-20(28)25-21(19)29/h1-6,9,15,19H,7-8,10-12,24H2,(H,25,28,29). The summed E-state index contributed by atoms with van der Waals surface area (Å²) in [5, 5.41) is 2.21. The van der Waals surface area contributed by atoms with Crippen LogP contribution in [0.25, 0.3) is 0 Å². The Hall–Kier alpha value is -3.52. The molecule has 8 heteroatoms. The molecule has 31 heavy (non-hydrogen) atoms. The van der Waals surface area contributed by atoms with E-state index < -0.39 is 23.8 Å². The fourth-order valence-corrected chi connectivity index (χ4v) is 4.55. The van der Waals surface area contributed by atoms with Gasteiger partial charge in [-0.1, -0.05) is 18.2 Å². The SMILES string of the molecule is Nc1ccc(C2CN(Cc3ccc4c(c3)C(=O)N(C3CCC(=O)NC3=O)C4=O)C2)cc1. The van der Waals surface area contributed by atoms with Crippen LogP contribution in [0.1, 0.15) is 50.6 Å². The monoisotopic (exact) mass is 418 g/mol. The number of carbonyl (C=O) groups is 4. The van der Waals surface area contributed by atoms with Crippen molar-refractivity contribution in [1.29, 1.82) is 0 Å². The number of fused-ring (bicyclic) bond motifs is 1. The van der Waals surface area contributed by atoms with Crippen LogP contribution in [0.3, 0.4) is 0 Å². The molecule has 2 fully saturated rings. The molecule has 158 valence electrons. The number of amides is 4. The van der Waals surface area contributed by atoms with Crippen molar-refractivity contribution in [2.45, 2.75) is 31.3 Å². The molecule has 5 rings (SSSR count). The van der Waals surface area contributed by atoms with Gasteiger partial charge in [0.2, 0.25) is 11.8 Å². The number of likely N-dealkylation sites (tertiary alicyclic amines) is 1. The summed E-state index contributed by atoms with van der Waals surface area (Å²) < 4.78 is 0. The van der Waals surface area contributed by atoms with Gasteiger partial charge in [0.25, 0.3) is 11.8 Å². The van der Waals surface area contributed by atoms with E-state index in [-0.39, 0.29) is 18.7 Å². The summed E-state index contributed by atoms with van der Waals surface area (Å²) in [6.07, 6.45) is 0.266. The van der Waals surface area contributed by atoms with Gasteiger partial charge in [-0.2, -0.15) is 0 Å². The van der Waals surface area contributed by atoms with Crippen molar-refractivity contribution in [1.82, 2.24) is 15.1 Å². The second kappa shape index (κ2) is 7.31. The molecule has 0 radical (unpaired) electrons. The molecule has 0 aliphatic carbocycles. The summed E-state index contributed by atoms with van der Waals surface area (Å²) in [6.45, 7) is 2.51. The summed E-state index contributed by atoms with van der Waals surface area (Å²) >= 11 is 0. The van der Waals surface area contributed by atoms with E-state index in [1.165, 1.54) is 5.56 Å². The third-order valence-electron chi connectivity index (χ3n) is 6.28. The Morgan fingerprint density at radius 3 is 2.35 bits per heavy atom. The molecule has 8 nitrogen and oxygen atoms in total. The number of nitrogens with zero attached hydrogens (tertiary/aromatic N) is 2. The van der Waals surface area contributed by atoms with Crippen LogP contribution in [0, 0.1) is 0 Å². The Bertz CT molecular complexity index is 1110. The minimum Gasteiger partial charge on any atom is -0.399 e. The van der Waals surface area contributed by atoms with E-state index in [2.05, 4.69) is 22.3 Å². The normalized spacial score (nSPS) is 21.8. The van der Waals surface area contributed by atoms with Crippen molar-refractivity contribution in [3.05, 3.63) is 64.7 Å². The predicted octanol–water partition coefficient (Wildman–Crippen LogP) is 1.27. The van der Waals surface area contributed by atoms with E-state index in [4.69, 9.17) is 5.73 Å². The van der Waals surface area contributed by atoms with Crippen molar-refractivity contribution in [3.8, 4) is 0 Å². The first-order valence-electron chi connectivity index (χ1n) is 10.3. The van der Waals surface area contributed by atoms with Crippen LogP contribution in [0.5, 0.6) is 0 Å². The topological polar surface area (TPSA) is 113 Å². The van der Waals surface area contributed by atoms with Crippen LogP contribution in [-0.4, -0.2) is 52.6 Å². The highest BCUT2D eigenvalue weighted by molar-refractivity contribution is 6.23. The fraction of sp³-hybridized carbons (Fsp3) is 0.304. The molecule has 3 aliphatic heterocycles. The summed E-state index contributed by atoms with van der Waals surface area (Å²) in [7, 11) is 0. The van der Waals surface area contributed by atoms with E-state index in [1.807, 2.05) is 18.2 Å². The Morgan fingerprint density at radius 2 is 1.65 bits per heavy atom. The van der Waals surface area contributed by atoms with E-state index in [0.29, 0.717) is 23.6 Å². The highest BCUT2D eigenvalue weighted by Gasteiger charge is 2.44. The molecule has 3 aliphatic rings. The van der Waals surface area contributed by atoms with Gasteiger partial charge < -0.3 is 5.73 Å². The molecule has 2 aromatic carbocycles. The number of rotatable bonds is 4. The van der Waals surface area contributed by atoms with E-state index in [9.17, 15) is 19.2 Å². The summed E-state index contributed by atoms with van der Waals surface area (Å²) in [6, 6.07) is 12.3. The molecule has 1 unspecified atom stereocenters. The molecule has 0 aromatic heterocycles. The predicted molar refractivity (Wildman–Crippen MR) is 112 cm³/mol. The summed E-state index contributed by atoms with van der Waals surface area (Å²) in [5.74, 6) is -1.47. The molecule has 2 saturated heterocycles. The third-order valence-corrected chi connectivity index (χ3v) is 6.28. The number of imide groups is 2. The third kappa shape index (κ3) is 3.38. The summed E-state index contributed by atoms with van der Waals surface area (Å²) in [4.78, 5) is 52.6. The van der Waals surface area contributed by atoms with Crippen LogP contribution in [0.4, 0.5) is 5.69 Å². The van der Waals surface area contributed by atoms with Crippen molar-refractivity contribution in [2.24, 2.45) is 0 Å². The van der Waals surface area contributed by atoms with E-state index in [0.717, 1.165) is 29.2 Å². The van der Waals surface area contributed by atoms with Crippen molar-refractivity contribution < 1.29 is 19.2 Å². The lowest BCUT2D eigenvalue weighted by molar-refractivity contribution is -0.136. The number of nitrogens with two attached hydrogens (primary N) is 1. The van der Waals surface area contributed by atoms with Crippen LogP contribution >= 0.6 is 0 Å². The fourth-order valence-electron chi connectivity index (χ4n) is 4.55. The van der Waals surface area contributed by atoms with Gasteiger partial charge in [0.1, 0.15) is 6.04 Å². The highest BCUT2D eigenvalue weighted by Crippen LogP contribution is 2.31. The van der Waals surface area contributed by atoms with Gasteiger partial charge in [0, 0.05) is 37.7 Å². The summed E-state index contributed by atoms with van der Waals surface area (Å²) in [5.41, 5.74) is 9.34. The van der Waals surface area contributed by atoms with Crippen LogP contribution in [-0.2, 0) is 16.1 Å². The molecule has 3 N–H and O–H groups in total. The van der Waals surface area contributed by atoms with Crippen molar-refractivity contribution >= 4 is 29.3 Å². The Labute approximate surface area is 179 Å². The minimum absolute atomic E-state index is 0.110. The molecule has 3 heterocycles. The number of hydrogen-bond donors (Lipinski definition) is 2. The van der Waals surface area contributed by atoms with Gasteiger partial charge in [-0.3, -0.25) is 34.3 Å². The van der Waals surface area contributed by atoms with Gasteiger partial charge in [0.15, 0.2) is 0 Å². The number of piperidine rings is 1. The average molecular weight is 418 g/mol. The number of carbonyl (C=O) groups excluding carboxylic acids is 4. The van der Waals surface area contributed by atoms with Crippen LogP contribution < -0.4 is 11.1 Å². The first-order chi connectivity index (χ1) is 14.9. The lowest BCUT2D eigenvalue weighted by Gasteiger charge is -2.39. The highest BCUT2D eigenvalue weighted by atomic mass is 16.2. The second-order valence-electron chi connectivity index (χ2n) is 8.38. The molecule has 1 atom stereocenters. The lowest BCUT2D eigenvalue weighted by Crippen LogP contribution is -2.54. The molecule has 4 amide bonds. The number of benzene rings is 2. The Balaban J connectivity index is 1.27. The maximum atomic E-state index is 12.9. The van der Waals surface area contributed by atoms with Crippen LogP contribution in [0.15, 0.2) is 42.5 Å². The zero-order valence-electron chi connectivity index (χ0n) is 16.8. The lowest BCUT2D eigenvalue weighted by atomic mass is 9.91. The Morgan fingerprint density at radius 1 is 0.935 bits per heavy atom. The maximum Gasteiger partial charge on any atom is 0.262 e. The average Bonchev–Trinajstić information content (AvgIpc) is 2.96. The molecule has 0 bridgehead atoms. The van der Waals surface area contributed by atoms with Gasteiger partial charge in [0.05, 0.1) is 11.1 Å². The molecular weight excluding hydrogens is 396 g/mol. The molecule has 0 spiro atoms. The maximum absolute atomic E-state index is 12.9. The van der Waals surface area contributed by atoms with Crippen LogP contribution in [0.2, 0.25) is 0 Å². The van der Waals surface area contributed by atoms with Gasteiger partial charge >= 0.3 is 0 Å². The van der Waals surface area contributed by atoms with E-state index in [1.54, 1.807) is 12.1 Å². The number of nitrogens with one attached hydrogen (secondary N) is 1. The number of anilines is 1.